The molecular formula is C16H14N2OS. The molecule has 1 fully saturated rings. The van der Waals surface area contributed by atoms with Crippen LogP contribution in [0.5, 0.6) is 0 Å². The number of hydrogen-bond donors (Lipinski definition) is 0. The van der Waals surface area contributed by atoms with E-state index in [0.29, 0.717) is 5.92 Å². The Balaban J connectivity index is 2.00. The summed E-state index contributed by atoms with van der Waals surface area (Å²) in [4.78, 5) is 17.8. The van der Waals surface area contributed by atoms with Gasteiger partial charge >= 0.3 is 5.69 Å². The van der Waals surface area contributed by atoms with Crippen LogP contribution in [-0.4, -0.2) is 9.55 Å². The van der Waals surface area contributed by atoms with Crippen LogP contribution < -0.4 is 5.69 Å². The lowest BCUT2D eigenvalue weighted by Crippen LogP contribution is -2.24. The quantitative estimate of drug-likeness (QED) is 0.736. The van der Waals surface area contributed by atoms with Crippen molar-refractivity contribution in [2.45, 2.75) is 19.4 Å². The van der Waals surface area contributed by atoms with Crippen LogP contribution in [0.15, 0.2) is 46.6 Å². The maximum atomic E-state index is 12.4. The topological polar surface area (TPSA) is 34.9 Å². The van der Waals surface area contributed by atoms with Crippen molar-refractivity contribution >= 4 is 22.2 Å². The van der Waals surface area contributed by atoms with Gasteiger partial charge in [0, 0.05) is 11.9 Å². The van der Waals surface area contributed by atoms with Crippen molar-refractivity contribution in [3.8, 4) is 10.6 Å². The second-order valence-electron chi connectivity index (χ2n) is 5.29. The van der Waals surface area contributed by atoms with Gasteiger partial charge in [0.25, 0.3) is 0 Å². The molecule has 4 heteroatoms. The first kappa shape index (κ1) is 11.9. The lowest BCUT2D eigenvalue weighted by Gasteiger charge is -2.11. The number of benzene rings is 1. The molecule has 1 aliphatic rings. The average molecular weight is 282 g/mol. The van der Waals surface area contributed by atoms with Crippen LogP contribution in [0.25, 0.3) is 21.5 Å². The number of rotatable bonds is 3. The normalized spacial score (nSPS) is 14.8. The van der Waals surface area contributed by atoms with Crippen molar-refractivity contribution in [3.63, 3.8) is 0 Å². The van der Waals surface area contributed by atoms with Crippen molar-refractivity contribution in [2.24, 2.45) is 5.92 Å². The third-order valence-electron chi connectivity index (χ3n) is 3.78. The van der Waals surface area contributed by atoms with E-state index in [-0.39, 0.29) is 5.69 Å². The Kier molecular flexibility index (Phi) is 2.70. The summed E-state index contributed by atoms with van der Waals surface area (Å²) in [6, 6.07) is 12.1. The van der Waals surface area contributed by atoms with Gasteiger partial charge in [-0.15, -0.1) is 11.3 Å². The van der Waals surface area contributed by atoms with Gasteiger partial charge in [-0.1, -0.05) is 24.3 Å². The van der Waals surface area contributed by atoms with E-state index >= 15 is 0 Å². The van der Waals surface area contributed by atoms with Crippen LogP contribution in [0.3, 0.4) is 0 Å². The average Bonchev–Trinajstić information content (AvgIpc) is 3.12. The lowest BCUT2D eigenvalue weighted by molar-refractivity contribution is 0.614. The van der Waals surface area contributed by atoms with Crippen LogP contribution in [0.1, 0.15) is 12.8 Å². The highest BCUT2D eigenvalue weighted by Gasteiger charge is 2.23. The fourth-order valence-electron chi connectivity index (χ4n) is 2.56. The molecule has 0 saturated heterocycles. The Morgan fingerprint density at radius 3 is 2.80 bits per heavy atom. The van der Waals surface area contributed by atoms with Crippen LogP contribution >= 0.6 is 11.3 Å². The zero-order chi connectivity index (χ0) is 13.5. The highest BCUT2D eigenvalue weighted by molar-refractivity contribution is 7.13. The molecule has 0 atom stereocenters. The molecule has 1 aromatic carbocycles. The minimum absolute atomic E-state index is 0.126. The second-order valence-corrected chi connectivity index (χ2v) is 6.24. The summed E-state index contributed by atoms with van der Waals surface area (Å²) in [6.45, 7) is 0.803. The molecule has 0 radical (unpaired) electrons. The van der Waals surface area contributed by atoms with Gasteiger partial charge in [-0.3, -0.25) is 4.57 Å². The monoisotopic (exact) mass is 282 g/mol. The molecule has 3 aromatic rings. The van der Waals surface area contributed by atoms with Crippen molar-refractivity contribution in [2.75, 3.05) is 0 Å². The SMILES string of the molecule is O=c1nc(-c2cccs2)c2ccccc2n1CC1CC1. The molecule has 0 bridgehead atoms. The Morgan fingerprint density at radius 2 is 2.05 bits per heavy atom. The van der Waals surface area contributed by atoms with Gasteiger partial charge in [0.05, 0.1) is 16.1 Å². The number of fused-ring (bicyclic) bond motifs is 1. The van der Waals surface area contributed by atoms with E-state index in [9.17, 15) is 4.79 Å². The molecule has 0 aliphatic heterocycles. The molecule has 20 heavy (non-hydrogen) atoms. The van der Waals surface area contributed by atoms with Crippen molar-refractivity contribution < 1.29 is 0 Å². The summed E-state index contributed by atoms with van der Waals surface area (Å²) in [5.41, 5.74) is 1.69. The van der Waals surface area contributed by atoms with E-state index in [0.717, 1.165) is 28.0 Å². The molecule has 3 nitrogen and oxygen atoms in total. The maximum absolute atomic E-state index is 12.4. The summed E-state index contributed by atoms with van der Waals surface area (Å²) in [5, 5.41) is 3.08. The van der Waals surface area contributed by atoms with Crippen molar-refractivity contribution in [3.05, 3.63) is 52.3 Å². The molecule has 0 spiro atoms. The molecule has 1 aliphatic carbocycles. The number of thiophene rings is 1. The second kappa shape index (κ2) is 4.56. The largest absolute Gasteiger partial charge is 0.348 e. The number of aromatic nitrogens is 2. The van der Waals surface area contributed by atoms with Gasteiger partial charge in [0.2, 0.25) is 0 Å². The molecule has 1 saturated carbocycles. The zero-order valence-electron chi connectivity index (χ0n) is 11.0. The summed E-state index contributed by atoms with van der Waals surface area (Å²) >= 11 is 1.62. The van der Waals surface area contributed by atoms with Crippen LogP contribution in [0.2, 0.25) is 0 Å². The first-order valence-corrected chi connectivity index (χ1v) is 7.74. The molecule has 4 rings (SSSR count). The predicted octanol–water partition coefficient (Wildman–Crippen LogP) is 3.54. The predicted molar refractivity (Wildman–Crippen MR) is 82.0 cm³/mol. The zero-order valence-corrected chi connectivity index (χ0v) is 11.8. The van der Waals surface area contributed by atoms with Crippen LogP contribution in [0.4, 0.5) is 0 Å². The Labute approximate surface area is 120 Å². The summed E-state index contributed by atoms with van der Waals surface area (Å²) in [6.07, 6.45) is 2.46. The highest BCUT2D eigenvalue weighted by atomic mass is 32.1. The fourth-order valence-corrected chi connectivity index (χ4v) is 3.29. The third kappa shape index (κ3) is 1.96. The Hall–Kier alpha value is -1.94. The summed E-state index contributed by atoms with van der Waals surface area (Å²) < 4.78 is 1.84. The first-order valence-electron chi connectivity index (χ1n) is 6.86. The summed E-state index contributed by atoms with van der Waals surface area (Å²) in [5.74, 6) is 0.658. The Bertz CT molecular complexity index is 816. The number of para-hydroxylation sites is 1. The van der Waals surface area contributed by atoms with Gasteiger partial charge < -0.3 is 0 Å². The molecule has 0 unspecified atom stereocenters. The van der Waals surface area contributed by atoms with Gasteiger partial charge in [0.15, 0.2) is 0 Å². The highest BCUT2D eigenvalue weighted by Crippen LogP contribution is 2.33. The molecule has 2 heterocycles. The maximum Gasteiger partial charge on any atom is 0.348 e. The van der Waals surface area contributed by atoms with E-state index in [4.69, 9.17) is 0 Å². The minimum Gasteiger partial charge on any atom is -0.292 e. The molecule has 0 N–H and O–H groups in total. The van der Waals surface area contributed by atoms with E-state index in [1.54, 1.807) is 11.3 Å². The molecular weight excluding hydrogens is 268 g/mol. The lowest BCUT2D eigenvalue weighted by atomic mass is 10.1. The molecule has 0 amide bonds. The first-order chi connectivity index (χ1) is 9.83. The fraction of sp³-hybridized carbons (Fsp3) is 0.250. The van der Waals surface area contributed by atoms with E-state index < -0.39 is 0 Å². The standard InChI is InChI=1S/C16H14N2OS/c19-16-17-15(14-6-3-9-20-14)12-4-1-2-5-13(12)18(16)10-11-7-8-11/h1-6,9,11H,7-8,10H2. The van der Waals surface area contributed by atoms with Gasteiger partial charge in [-0.2, -0.15) is 4.98 Å². The van der Waals surface area contributed by atoms with Gasteiger partial charge in [0.1, 0.15) is 0 Å². The molecule has 2 aromatic heterocycles. The van der Waals surface area contributed by atoms with Gasteiger partial charge in [-0.05, 0) is 36.3 Å². The van der Waals surface area contributed by atoms with Crippen molar-refractivity contribution in [1.29, 1.82) is 0 Å². The molecule has 100 valence electrons. The van der Waals surface area contributed by atoms with Crippen LogP contribution in [-0.2, 0) is 6.54 Å². The number of hydrogen-bond acceptors (Lipinski definition) is 3. The smallest absolute Gasteiger partial charge is 0.292 e. The van der Waals surface area contributed by atoms with Crippen LogP contribution in [0, 0.1) is 5.92 Å². The summed E-state index contributed by atoms with van der Waals surface area (Å²) in [7, 11) is 0. The Morgan fingerprint density at radius 1 is 1.20 bits per heavy atom. The van der Waals surface area contributed by atoms with E-state index in [1.165, 1.54) is 12.8 Å². The van der Waals surface area contributed by atoms with Crippen molar-refractivity contribution in [1.82, 2.24) is 9.55 Å². The van der Waals surface area contributed by atoms with E-state index in [1.807, 2.05) is 40.3 Å². The van der Waals surface area contributed by atoms with Gasteiger partial charge in [-0.25, -0.2) is 4.79 Å². The number of nitrogens with zero attached hydrogens (tertiary/aromatic N) is 2. The van der Waals surface area contributed by atoms with E-state index in [2.05, 4.69) is 11.1 Å². The third-order valence-corrected chi connectivity index (χ3v) is 4.66. The minimum atomic E-state index is -0.126.